The second-order valence-corrected chi connectivity index (χ2v) is 7.73. The first-order valence-corrected chi connectivity index (χ1v) is 10.2. The number of amides is 1. The molecule has 1 atom stereocenters. The third kappa shape index (κ3) is 4.88. The van der Waals surface area contributed by atoms with E-state index in [0.29, 0.717) is 17.5 Å². The largest absolute Gasteiger partial charge is 0.504 e. The molecule has 1 aliphatic heterocycles. The Kier molecular flexibility index (Phi) is 7.10. The van der Waals surface area contributed by atoms with Gasteiger partial charge in [0.25, 0.3) is 5.91 Å². The maximum Gasteiger partial charge on any atom is 0.348 e. The predicted molar refractivity (Wildman–Crippen MR) is 119 cm³/mol. The number of aliphatic hydroxyl groups is 1. The summed E-state index contributed by atoms with van der Waals surface area (Å²) < 4.78 is 10.2. The van der Waals surface area contributed by atoms with Crippen molar-refractivity contribution in [3.8, 4) is 0 Å². The minimum Gasteiger partial charge on any atom is -0.504 e. The molecule has 166 valence electrons. The number of hydrogen-bond acceptors (Lipinski definition) is 6. The van der Waals surface area contributed by atoms with Gasteiger partial charge in [-0.15, -0.1) is 0 Å². The Morgan fingerprint density at radius 1 is 1.03 bits per heavy atom. The zero-order valence-electron chi connectivity index (χ0n) is 18.1. The number of nitrogens with one attached hydrogen (secondary N) is 1. The van der Waals surface area contributed by atoms with Crippen LogP contribution in [-0.2, 0) is 23.9 Å². The molecule has 7 heteroatoms. The molecule has 0 fully saturated rings. The van der Waals surface area contributed by atoms with Gasteiger partial charge in [0.05, 0.1) is 12.7 Å². The Bertz CT molecular complexity index is 1070. The van der Waals surface area contributed by atoms with Crippen LogP contribution in [0.4, 0.5) is 0 Å². The molecule has 0 radical (unpaired) electrons. The molecule has 0 unspecified atom stereocenters. The molecular formula is C25H25NO6. The lowest BCUT2D eigenvalue weighted by atomic mass is 9.99. The van der Waals surface area contributed by atoms with Gasteiger partial charge in [-0.25, -0.2) is 9.59 Å². The molecule has 2 N–H and O–H groups in total. The van der Waals surface area contributed by atoms with E-state index in [1.54, 1.807) is 60.7 Å². The number of aliphatic hydroxyl groups excluding tert-OH is 1. The van der Waals surface area contributed by atoms with Crippen LogP contribution < -0.4 is 5.32 Å². The third-order valence-electron chi connectivity index (χ3n) is 4.93. The normalized spacial score (nSPS) is 15.9. The van der Waals surface area contributed by atoms with Crippen molar-refractivity contribution in [1.82, 2.24) is 5.32 Å². The average molecular weight is 435 g/mol. The number of ether oxygens (including phenoxy) is 2. The molecule has 0 spiro atoms. The maximum atomic E-state index is 13.3. The summed E-state index contributed by atoms with van der Waals surface area (Å²) in [4.78, 5) is 38.2. The van der Waals surface area contributed by atoms with E-state index >= 15 is 0 Å². The second kappa shape index (κ2) is 9.96. The molecule has 0 saturated carbocycles. The van der Waals surface area contributed by atoms with Crippen LogP contribution in [0, 0.1) is 5.92 Å². The Labute approximate surface area is 186 Å². The van der Waals surface area contributed by atoms with E-state index in [2.05, 4.69) is 5.32 Å². The summed E-state index contributed by atoms with van der Waals surface area (Å²) in [6.07, 6.45) is 0.354. The number of hydrogen-bond donors (Lipinski definition) is 2. The van der Waals surface area contributed by atoms with Crippen molar-refractivity contribution in [2.45, 2.75) is 26.3 Å². The number of carbonyl (C=O) groups is 3. The van der Waals surface area contributed by atoms with Crippen LogP contribution in [0.15, 0.2) is 72.2 Å². The highest BCUT2D eigenvalue weighted by molar-refractivity contribution is 6.26. The van der Waals surface area contributed by atoms with Gasteiger partial charge in [-0.1, -0.05) is 74.5 Å². The molecule has 0 bridgehead atoms. The Hall–Kier alpha value is -3.87. The molecular weight excluding hydrogens is 410 g/mol. The van der Waals surface area contributed by atoms with Crippen molar-refractivity contribution in [3.63, 3.8) is 0 Å². The van der Waals surface area contributed by atoms with Crippen molar-refractivity contribution in [3.05, 3.63) is 83.3 Å². The SMILES string of the molecule is COC(=O)[C@@H](CC(C)C)NC(=O)/C(=C1/OC(=O)C(c2ccccc2)=C1O)c1ccccc1. The van der Waals surface area contributed by atoms with Crippen LogP contribution in [-0.4, -0.2) is 36.1 Å². The number of cyclic esters (lactones) is 1. The lowest BCUT2D eigenvalue weighted by Crippen LogP contribution is -2.43. The van der Waals surface area contributed by atoms with E-state index in [0.717, 1.165) is 0 Å². The van der Waals surface area contributed by atoms with E-state index in [-0.39, 0.29) is 22.8 Å². The van der Waals surface area contributed by atoms with Crippen LogP contribution in [0.5, 0.6) is 0 Å². The third-order valence-corrected chi connectivity index (χ3v) is 4.93. The maximum absolute atomic E-state index is 13.3. The summed E-state index contributed by atoms with van der Waals surface area (Å²) >= 11 is 0. The minimum atomic E-state index is -0.899. The number of benzene rings is 2. The predicted octanol–water partition coefficient (Wildman–Crippen LogP) is 3.63. The van der Waals surface area contributed by atoms with Crippen LogP contribution in [0.3, 0.4) is 0 Å². The number of carbonyl (C=O) groups excluding carboxylic acids is 3. The van der Waals surface area contributed by atoms with E-state index < -0.39 is 29.6 Å². The molecule has 2 aromatic rings. The monoisotopic (exact) mass is 435 g/mol. The van der Waals surface area contributed by atoms with Crippen LogP contribution in [0.25, 0.3) is 11.1 Å². The minimum absolute atomic E-state index is 0.0338. The lowest BCUT2D eigenvalue weighted by Gasteiger charge is -2.20. The fourth-order valence-corrected chi connectivity index (χ4v) is 3.46. The number of methoxy groups -OCH3 is 1. The van der Waals surface area contributed by atoms with Crippen molar-refractivity contribution < 1.29 is 29.0 Å². The van der Waals surface area contributed by atoms with Crippen molar-refractivity contribution >= 4 is 29.0 Å². The van der Waals surface area contributed by atoms with Crippen molar-refractivity contribution in [1.29, 1.82) is 0 Å². The molecule has 0 aliphatic carbocycles. The average Bonchev–Trinajstić information content (AvgIpc) is 3.07. The van der Waals surface area contributed by atoms with Crippen LogP contribution in [0.1, 0.15) is 31.4 Å². The zero-order valence-corrected chi connectivity index (χ0v) is 18.1. The lowest BCUT2D eigenvalue weighted by molar-refractivity contribution is -0.145. The molecule has 1 aliphatic rings. The smallest absolute Gasteiger partial charge is 0.348 e. The summed E-state index contributed by atoms with van der Waals surface area (Å²) in [5.74, 6) is -2.61. The zero-order chi connectivity index (χ0) is 23.3. The molecule has 3 rings (SSSR count). The Balaban J connectivity index is 2.10. The highest BCUT2D eigenvalue weighted by Gasteiger charge is 2.36. The van der Waals surface area contributed by atoms with E-state index in [1.165, 1.54) is 7.11 Å². The van der Waals surface area contributed by atoms with Gasteiger partial charge in [0, 0.05) is 0 Å². The highest BCUT2D eigenvalue weighted by Crippen LogP contribution is 2.36. The van der Waals surface area contributed by atoms with Crippen molar-refractivity contribution in [2.75, 3.05) is 7.11 Å². The first kappa shape index (κ1) is 22.8. The van der Waals surface area contributed by atoms with Gasteiger partial charge in [-0.2, -0.15) is 0 Å². The summed E-state index contributed by atoms with van der Waals surface area (Å²) in [7, 11) is 1.25. The standard InChI is InChI=1S/C25H25NO6/c1-15(2)14-18(24(29)31-3)26-23(28)20(17-12-8-5-9-13-17)22-21(27)19(25(30)32-22)16-10-6-4-7-11-16/h4-13,15,18,27H,14H2,1-3H3,(H,26,28)/b22-20+/t18-/m1/s1. The molecule has 2 aromatic carbocycles. The molecule has 1 heterocycles. The summed E-state index contributed by atoms with van der Waals surface area (Å²) in [5, 5.41) is 13.6. The van der Waals surface area contributed by atoms with E-state index in [9.17, 15) is 19.5 Å². The Morgan fingerprint density at radius 2 is 1.62 bits per heavy atom. The van der Waals surface area contributed by atoms with Gasteiger partial charge in [0.1, 0.15) is 11.6 Å². The first-order chi connectivity index (χ1) is 15.3. The fourth-order valence-electron chi connectivity index (χ4n) is 3.46. The van der Waals surface area contributed by atoms with Gasteiger partial charge >= 0.3 is 11.9 Å². The molecule has 0 saturated heterocycles. The van der Waals surface area contributed by atoms with Crippen LogP contribution >= 0.6 is 0 Å². The second-order valence-electron chi connectivity index (χ2n) is 7.73. The van der Waals surface area contributed by atoms with Crippen molar-refractivity contribution in [2.24, 2.45) is 5.92 Å². The summed E-state index contributed by atoms with van der Waals surface area (Å²) in [6.45, 7) is 3.83. The Morgan fingerprint density at radius 3 is 2.19 bits per heavy atom. The molecule has 0 aromatic heterocycles. The molecule has 32 heavy (non-hydrogen) atoms. The quantitative estimate of drug-likeness (QED) is 0.509. The number of esters is 2. The van der Waals surface area contributed by atoms with Gasteiger partial charge < -0.3 is 19.9 Å². The van der Waals surface area contributed by atoms with Gasteiger partial charge in [0.15, 0.2) is 11.5 Å². The summed E-state index contributed by atoms with van der Waals surface area (Å²) in [5.41, 5.74) is 0.792. The van der Waals surface area contributed by atoms with Gasteiger partial charge in [-0.05, 0) is 23.5 Å². The van der Waals surface area contributed by atoms with Gasteiger partial charge in [-0.3, -0.25) is 4.79 Å². The molecule has 7 nitrogen and oxygen atoms in total. The topological polar surface area (TPSA) is 102 Å². The fraction of sp³-hybridized carbons (Fsp3) is 0.240. The number of rotatable bonds is 7. The van der Waals surface area contributed by atoms with E-state index in [4.69, 9.17) is 9.47 Å². The van der Waals surface area contributed by atoms with Gasteiger partial charge in [0.2, 0.25) is 0 Å². The molecule has 1 amide bonds. The summed E-state index contributed by atoms with van der Waals surface area (Å²) in [6, 6.07) is 16.2. The van der Waals surface area contributed by atoms with Crippen LogP contribution in [0.2, 0.25) is 0 Å². The first-order valence-electron chi connectivity index (χ1n) is 10.2. The van der Waals surface area contributed by atoms with E-state index in [1.807, 2.05) is 13.8 Å². The highest BCUT2D eigenvalue weighted by atomic mass is 16.6.